The molecular formula is C40H26N2. The molecule has 0 aliphatic heterocycles. The lowest BCUT2D eigenvalue weighted by atomic mass is 9.68. The van der Waals surface area contributed by atoms with Crippen molar-refractivity contribution >= 4 is 27.2 Å². The molecule has 4 aliphatic rings. The van der Waals surface area contributed by atoms with Gasteiger partial charge >= 0.3 is 0 Å². The number of hydrogen-bond donors (Lipinski definition) is 0. The Kier molecular flexibility index (Phi) is 5.06. The summed E-state index contributed by atoms with van der Waals surface area (Å²) in [6.45, 7) is 0. The van der Waals surface area contributed by atoms with Gasteiger partial charge in [0.2, 0.25) is 0 Å². The van der Waals surface area contributed by atoms with Crippen molar-refractivity contribution in [1.29, 1.82) is 0 Å². The van der Waals surface area contributed by atoms with Crippen molar-refractivity contribution in [1.82, 2.24) is 9.97 Å². The second kappa shape index (κ2) is 9.09. The third-order valence-corrected chi connectivity index (χ3v) is 8.92. The van der Waals surface area contributed by atoms with Crippen LogP contribution in [0.4, 0.5) is 0 Å². The minimum Gasteiger partial charge on any atom is -0.246 e. The van der Waals surface area contributed by atoms with Crippen molar-refractivity contribution in [2.75, 3.05) is 0 Å². The van der Waals surface area contributed by atoms with Gasteiger partial charge in [0.25, 0.3) is 0 Å². The van der Waals surface area contributed by atoms with Crippen molar-refractivity contribution in [2.45, 2.75) is 6.42 Å². The number of allylic oxidation sites excluding steroid dienone is 14. The molecule has 42 heavy (non-hydrogen) atoms. The first-order valence-corrected chi connectivity index (χ1v) is 14.6. The predicted molar refractivity (Wildman–Crippen MR) is 174 cm³/mol. The second-order valence-corrected chi connectivity index (χ2v) is 11.4. The highest BCUT2D eigenvalue weighted by atomic mass is 14.8. The van der Waals surface area contributed by atoms with E-state index in [-0.39, 0.29) is 0 Å². The highest BCUT2D eigenvalue weighted by molar-refractivity contribution is 6.10. The van der Waals surface area contributed by atoms with Crippen molar-refractivity contribution < 1.29 is 0 Å². The third kappa shape index (κ3) is 3.59. The summed E-state index contributed by atoms with van der Waals surface area (Å²) in [5, 5.41) is 3.48. The largest absolute Gasteiger partial charge is 0.246 e. The van der Waals surface area contributed by atoms with Gasteiger partial charge in [0.15, 0.2) is 0 Å². The van der Waals surface area contributed by atoms with Crippen LogP contribution < -0.4 is 0 Å². The van der Waals surface area contributed by atoms with Crippen molar-refractivity contribution in [3.8, 4) is 22.6 Å². The molecule has 2 nitrogen and oxygen atoms in total. The summed E-state index contributed by atoms with van der Waals surface area (Å²) in [6, 6.07) is 31.9. The van der Waals surface area contributed by atoms with Crippen LogP contribution in [0.15, 0.2) is 167 Å². The maximum Gasteiger partial charge on any atom is 0.0972 e. The fourth-order valence-electron chi connectivity index (χ4n) is 6.97. The molecule has 0 N–H and O–H groups in total. The second-order valence-electron chi connectivity index (χ2n) is 11.4. The van der Waals surface area contributed by atoms with Crippen LogP contribution in [0.3, 0.4) is 0 Å². The predicted octanol–water partition coefficient (Wildman–Crippen LogP) is 9.75. The Hall–Kier alpha value is -5.34. The Balaban J connectivity index is 1.13. The van der Waals surface area contributed by atoms with E-state index in [1.54, 1.807) is 0 Å². The van der Waals surface area contributed by atoms with E-state index in [1.807, 2.05) is 6.07 Å². The zero-order valence-corrected chi connectivity index (χ0v) is 23.0. The molecule has 196 valence electrons. The van der Waals surface area contributed by atoms with E-state index in [0.717, 1.165) is 45.4 Å². The van der Waals surface area contributed by atoms with E-state index < -0.39 is 0 Å². The Morgan fingerprint density at radius 3 is 2.36 bits per heavy atom. The van der Waals surface area contributed by atoms with Crippen LogP contribution in [0.1, 0.15) is 12.0 Å². The molecule has 0 amide bonds. The lowest BCUT2D eigenvalue weighted by Crippen LogP contribution is -2.21. The monoisotopic (exact) mass is 534 g/mol. The molecule has 2 heterocycles. The minimum atomic E-state index is 0.351. The first-order valence-electron chi connectivity index (χ1n) is 14.6. The van der Waals surface area contributed by atoms with Crippen LogP contribution in [0.5, 0.6) is 0 Å². The number of pyridine rings is 2. The standard InChI is InChI=1S/C40H26N2/c1-2-14-34-32(12-1)33-13-3-4-15-36(33)42-40(34)37-17-7-16-35(41-37)28-11-6-10-27(22-28)31-23-29-20-18-25-8-5-9-26-19-21-30(24-31)39(29)38(25)26/h1-8,10-24,39H,9H2. The van der Waals surface area contributed by atoms with Gasteiger partial charge in [-0.25, -0.2) is 9.97 Å². The summed E-state index contributed by atoms with van der Waals surface area (Å²) < 4.78 is 0. The van der Waals surface area contributed by atoms with Gasteiger partial charge in [0.1, 0.15) is 0 Å². The van der Waals surface area contributed by atoms with E-state index >= 15 is 0 Å². The molecule has 5 aromatic rings. The van der Waals surface area contributed by atoms with Gasteiger partial charge in [-0.3, -0.25) is 0 Å². The number of nitrogens with zero attached hydrogens (tertiary/aromatic N) is 2. The van der Waals surface area contributed by atoms with Gasteiger partial charge in [0.05, 0.1) is 22.6 Å². The lowest BCUT2D eigenvalue weighted by Gasteiger charge is -2.36. The molecule has 9 rings (SSSR count). The third-order valence-electron chi connectivity index (χ3n) is 8.92. The van der Waals surface area contributed by atoms with Crippen molar-refractivity contribution in [3.63, 3.8) is 0 Å². The average Bonchev–Trinajstić information content (AvgIpc) is 3.07. The molecule has 4 aliphatic carbocycles. The Labute approximate surface area is 244 Å². The van der Waals surface area contributed by atoms with Gasteiger partial charge in [-0.15, -0.1) is 0 Å². The van der Waals surface area contributed by atoms with E-state index in [2.05, 4.69) is 134 Å². The maximum absolute atomic E-state index is 5.16. The zero-order valence-electron chi connectivity index (χ0n) is 23.0. The molecule has 2 aromatic heterocycles. The molecular weight excluding hydrogens is 508 g/mol. The lowest BCUT2D eigenvalue weighted by molar-refractivity contribution is 0.833. The minimum absolute atomic E-state index is 0.351. The summed E-state index contributed by atoms with van der Waals surface area (Å²) in [4.78, 5) is 10.2. The topological polar surface area (TPSA) is 25.8 Å². The molecule has 0 saturated carbocycles. The molecule has 2 heteroatoms. The molecule has 0 radical (unpaired) electrons. The van der Waals surface area contributed by atoms with Gasteiger partial charge < -0.3 is 0 Å². The maximum atomic E-state index is 5.16. The molecule has 1 atom stereocenters. The van der Waals surface area contributed by atoms with Crippen LogP contribution in [0.25, 0.3) is 49.9 Å². The Morgan fingerprint density at radius 2 is 1.40 bits per heavy atom. The number of rotatable bonds is 3. The normalized spacial score (nSPS) is 18.4. The number of para-hydroxylation sites is 1. The van der Waals surface area contributed by atoms with E-state index in [9.17, 15) is 0 Å². The molecule has 0 spiro atoms. The fraction of sp³-hybridized carbons (Fsp3) is 0.0500. The number of aromatic nitrogens is 2. The molecule has 0 fully saturated rings. The van der Waals surface area contributed by atoms with E-state index in [0.29, 0.717) is 5.92 Å². The summed E-state index contributed by atoms with van der Waals surface area (Å²) in [6.07, 6.45) is 19.6. The smallest absolute Gasteiger partial charge is 0.0972 e. The summed E-state index contributed by atoms with van der Waals surface area (Å²) >= 11 is 0. The van der Waals surface area contributed by atoms with Crippen LogP contribution >= 0.6 is 0 Å². The zero-order chi connectivity index (χ0) is 27.6. The number of fused-ring (bicyclic) bond motifs is 3. The number of benzene rings is 3. The van der Waals surface area contributed by atoms with E-state index in [4.69, 9.17) is 9.97 Å². The highest BCUT2D eigenvalue weighted by Gasteiger charge is 2.33. The molecule has 3 aromatic carbocycles. The van der Waals surface area contributed by atoms with Crippen LogP contribution in [-0.4, -0.2) is 9.97 Å². The summed E-state index contributed by atoms with van der Waals surface area (Å²) in [7, 11) is 0. The van der Waals surface area contributed by atoms with E-state index in [1.165, 1.54) is 44.4 Å². The Bertz CT molecular complexity index is 2210. The number of hydrogen-bond acceptors (Lipinski definition) is 2. The van der Waals surface area contributed by atoms with Crippen molar-refractivity contribution in [3.05, 3.63) is 173 Å². The van der Waals surface area contributed by atoms with Gasteiger partial charge in [-0.2, -0.15) is 0 Å². The first-order chi connectivity index (χ1) is 20.8. The Morgan fingerprint density at radius 1 is 0.595 bits per heavy atom. The molecule has 0 bridgehead atoms. The quantitative estimate of drug-likeness (QED) is 0.215. The average molecular weight is 535 g/mol. The highest BCUT2D eigenvalue weighted by Crippen LogP contribution is 2.48. The summed E-state index contributed by atoms with van der Waals surface area (Å²) in [5.41, 5.74) is 14.3. The SMILES string of the molecule is C1=CC2=C3C(=CC=C4C=C(c5cccc(-c6cccc(-c7nc8ccccc8c8ccccc78)n6)c5)C=C(C=C2)C43)C1. The van der Waals surface area contributed by atoms with Crippen LogP contribution in [-0.2, 0) is 0 Å². The van der Waals surface area contributed by atoms with Crippen LogP contribution in [0, 0.1) is 5.92 Å². The van der Waals surface area contributed by atoms with Gasteiger partial charge in [-0.1, -0.05) is 115 Å². The molecule has 0 saturated heterocycles. The summed E-state index contributed by atoms with van der Waals surface area (Å²) in [5.74, 6) is 0.351. The first kappa shape index (κ1) is 23.4. The van der Waals surface area contributed by atoms with Crippen molar-refractivity contribution in [2.24, 2.45) is 5.92 Å². The van der Waals surface area contributed by atoms with Gasteiger partial charge in [-0.05, 0) is 75.1 Å². The fourth-order valence-corrected chi connectivity index (χ4v) is 6.97. The molecule has 1 unspecified atom stereocenters. The van der Waals surface area contributed by atoms with Gasteiger partial charge in [0, 0.05) is 22.3 Å². The van der Waals surface area contributed by atoms with Crippen LogP contribution in [0.2, 0.25) is 0 Å².